The molecule has 19 heavy (non-hydrogen) atoms. The second-order valence-electron chi connectivity index (χ2n) is 5.06. The van der Waals surface area contributed by atoms with Crippen molar-refractivity contribution in [2.24, 2.45) is 4.99 Å². The van der Waals surface area contributed by atoms with Crippen LogP contribution in [0.4, 0.5) is 20.2 Å². The van der Waals surface area contributed by atoms with Gasteiger partial charge in [0.25, 0.3) is 5.92 Å². The predicted molar refractivity (Wildman–Crippen MR) is 80.7 cm³/mol. The highest BCUT2D eigenvalue weighted by atomic mass is 31.0. The van der Waals surface area contributed by atoms with E-state index in [1.54, 1.807) is 4.90 Å². The summed E-state index contributed by atoms with van der Waals surface area (Å²) in [6, 6.07) is 3.79. The van der Waals surface area contributed by atoms with Crippen molar-refractivity contribution in [1.29, 1.82) is 0 Å². The first kappa shape index (κ1) is 14.4. The summed E-state index contributed by atoms with van der Waals surface area (Å²) in [7, 11) is 2.65. The van der Waals surface area contributed by atoms with Gasteiger partial charge in [-0.25, -0.2) is 8.78 Å². The van der Waals surface area contributed by atoms with Gasteiger partial charge in [0.15, 0.2) is 0 Å². The average molecular weight is 284 g/mol. The van der Waals surface area contributed by atoms with Crippen LogP contribution in [0.25, 0.3) is 0 Å². The largest absolute Gasteiger partial charge is 0.359 e. The summed E-state index contributed by atoms with van der Waals surface area (Å²) in [6.45, 7) is 5.65. The first-order valence-corrected chi connectivity index (χ1v) is 6.98. The molecule has 0 N–H and O–H groups in total. The molecule has 1 aliphatic heterocycles. The van der Waals surface area contributed by atoms with Gasteiger partial charge < -0.3 is 4.90 Å². The van der Waals surface area contributed by atoms with Gasteiger partial charge >= 0.3 is 0 Å². The maximum Gasteiger partial charge on any atom is 0.282 e. The van der Waals surface area contributed by atoms with Gasteiger partial charge in [-0.1, -0.05) is 6.92 Å². The van der Waals surface area contributed by atoms with Crippen LogP contribution in [0, 0.1) is 6.92 Å². The van der Waals surface area contributed by atoms with E-state index in [1.165, 1.54) is 0 Å². The fraction of sp³-hybridized carbons (Fsp3) is 0.500. The molecule has 0 radical (unpaired) electrons. The Labute approximate surface area is 115 Å². The van der Waals surface area contributed by atoms with Gasteiger partial charge in [-0.2, -0.15) is 0 Å². The summed E-state index contributed by atoms with van der Waals surface area (Å²) in [5.74, 6) is -2.54. The molecule has 0 bridgehead atoms. The zero-order valence-electron chi connectivity index (χ0n) is 11.5. The Morgan fingerprint density at radius 1 is 1.42 bits per heavy atom. The fourth-order valence-corrected chi connectivity index (χ4v) is 2.49. The molecule has 1 atom stereocenters. The molecule has 1 unspecified atom stereocenters. The van der Waals surface area contributed by atoms with E-state index in [1.807, 2.05) is 26.0 Å². The van der Waals surface area contributed by atoms with Crippen molar-refractivity contribution in [3.8, 4) is 0 Å². The summed E-state index contributed by atoms with van der Waals surface area (Å²) in [6.07, 6.45) is 0.908. The van der Waals surface area contributed by atoms with Crippen molar-refractivity contribution in [3.63, 3.8) is 0 Å². The Bertz CT molecular complexity index is 518. The molecule has 0 aliphatic carbocycles. The van der Waals surface area contributed by atoms with Crippen LogP contribution in [0.2, 0.25) is 0 Å². The Morgan fingerprint density at radius 2 is 2.05 bits per heavy atom. The topological polar surface area (TPSA) is 15.6 Å². The highest BCUT2D eigenvalue weighted by Crippen LogP contribution is 2.33. The number of benzene rings is 1. The molecule has 1 aromatic rings. The second-order valence-corrected chi connectivity index (χ2v) is 5.63. The van der Waals surface area contributed by atoms with E-state index in [9.17, 15) is 8.78 Å². The first-order valence-electron chi connectivity index (χ1n) is 6.40. The molecule has 0 amide bonds. The Balaban J connectivity index is 2.28. The van der Waals surface area contributed by atoms with Crippen LogP contribution in [0.5, 0.6) is 0 Å². The number of hydrogen-bond donors (Lipinski definition) is 0. The highest BCUT2D eigenvalue weighted by molar-refractivity contribution is 7.28. The van der Waals surface area contributed by atoms with Crippen LogP contribution < -0.4 is 10.2 Å². The lowest BCUT2D eigenvalue weighted by molar-refractivity contribution is -0.0261. The number of anilines is 1. The van der Waals surface area contributed by atoms with Crippen LogP contribution in [0.3, 0.4) is 0 Å². The van der Waals surface area contributed by atoms with Crippen molar-refractivity contribution < 1.29 is 8.78 Å². The molecular formula is C14H19F2N2P. The molecule has 0 saturated carbocycles. The Hall–Kier alpha value is -1.02. The third-order valence-electron chi connectivity index (χ3n) is 3.47. The second kappa shape index (κ2) is 5.16. The maximum absolute atomic E-state index is 12.9. The van der Waals surface area contributed by atoms with Crippen molar-refractivity contribution in [2.45, 2.75) is 33.1 Å². The molecule has 2 nitrogen and oxygen atoms in total. The first-order chi connectivity index (χ1) is 8.84. The Kier molecular flexibility index (Phi) is 3.91. The smallest absolute Gasteiger partial charge is 0.282 e. The van der Waals surface area contributed by atoms with E-state index in [0.717, 1.165) is 34.4 Å². The molecule has 2 rings (SSSR count). The zero-order chi connectivity index (χ0) is 14.2. The summed E-state index contributed by atoms with van der Waals surface area (Å²) < 4.78 is 25.9. The van der Waals surface area contributed by atoms with Gasteiger partial charge in [0.1, 0.15) is 0 Å². The third kappa shape index (κ3) is 2.94. The van der Waals surface area contributed by atoms with E-state index >= 15 is 0 Å². The molecule has 104 valence electrons. The fourth-order valence-electron chi connectivity index (χ4n) is 2.07. The van der Waals surface area contributed by atoms with Gasteiger partial charge in [0, 0.05) is 11.4 Å². The molecule has 1 heterocycles. The van der Waals surface area contributed by atoms with Crippen LogP contribution >= 0.6 is 9.24 Å². The zero-order valence-corrected chi connectivity index (χ0v) is 12.7. The van der Waals surface area contributed by atoms with E-state index in [0.29, 0.717) is 0 Å². The summed E-state index contributed by atoms with van der Waals surface area (Å²) in [5.41, 5.74) is 3.88. The van der Waals surface area contributed by atoms with Crippen molar-refractivity contribution >= 4 is 31.6 Å². The van der Waals surface area contributed by atoms with Crippen molar-refractivity contribution in [3.05, 3.63) is 17.7 Å². The number of rotatable bonds is 3. The number of hydrogen-bond acceptors (Lipinski definition) is 2. The van der Waals surface area contributed by atoms with Crippen LogP contribution in [-0.2, 0) is 0 Å². The SMILES string of the molecule is CCC(C)=Nc1ccc(N2CC(F)(F)C2)c(P)c1C. The van der Waals surface area contributed by atoms with Crippen molar-refractivity contribution in [2.75, 3.05) is 18.0 Å². The van der Waals surface area contributed by atoms with E-state index in [2.05, 4.69) is 21.2 Å². The minimum atomic E-state index is -2.54. The molecule has 1 fully saturated rings. The van der Waals surface area contributed by atoms with Gasteiger partial charge in [-0.05, 0) is 43.3 Å². The quantitative estimate of drug-likeness (QED) is 0.613. The molecule has 1 aliphatic rings. The minimum Gasteiger partial charge on any atom is -0.359 e. The van der Waals surface area contributed by atoms with Gasteiger partial charge in [-0.3, -0.25) is 4.99 Å². The van der Waals surface area contributed by atoms with Crippen LogP contribution in [-0.4, -0.2) is 24.7 Å². The maximum atomic E-state index is 12.9. The molecule has 5 heteroatoms. The lowest BCUT2D eigenvalue weighted by atomic mass is 10.1. The van der Waals surface area contributed by atoms with Crippen LogP contribution in [0.15, 0.2) is 17.1 Å². The highest BCUT2D eigenvalue weighted by Gasteiger charge is 2.44. The molecule has 0 aromatic heterocycles. The molecule has 1 aromatic carbocycles. The Morgan fingerprint density at radius 3 is 2.58 bits per heavy atom. The monoisotopic (exact) mass is 284 g/mol. The molecular weight excluding hydrogens is 265 g/mol. The van der Waals surface area contributed by atoms with Crippen molar-refractivity contribution in [1.82, 2.24) is 0 Å². The summed E-state index contributed by atoms with van der Waals surface area (Å²) in [5, 5.41) is 0.959. The number of nitrogens with zero attached hydrogens (tertiary/aromatic N) is 2. The number of halogens is 2. The van der Waals surface area contributed by atoms with E-state index in [4.69, 9.17) is 0 Å². The lowest BCUT2D eigenvalue weighted by Crippen LogP contribution is -2.57. The van der Waals surface area contributed by atoms with E-state index in [-0.39, 0.29) is 13.1 Å². The van der Waals surface area contributed by atoms with Gasteiger partial charge in [-0.15, -0.1) is 9.24 Å². The third-order valence-corrected chi connectivity index (χ3v) is 4.20. The number of aliphatic imine (C=N–C) groups is 1. The standard InChI is InChI=1S/C14H19F2N2P/c1-4-9(2)17-11-5-6-12(13(19)10(11)3)18-7-14(15,16)8-18/h5-6H,4,7-8,19H2,1-3H3. The molecule has 0 spiro atoms. The average Bonchev–Trinajstić information content (AvgIpc) is 2.32. The van der Waals surface area contributed by atoms with E-state index < -0.39 is 5.92 Å². The van der Waals surface area contributed by atoms with Gasteiger partial charge in [0.05, 0.1) is 18.8 Å². The summed E-state index contributed by atoms with van der Waals surface area (Å²) in [4.78, 5) is 6.25. The summed E-state index contributed by atoms with van der Waals surface area (Å²) >= 11 is 0. The normalized spacial score (nSPS) is 18.4. The molecule has 1 saturated heterocycles. The number of alkyl halides is 2. The predicted octanol–water partition coefficient (Wildman–Crippen LogP) is 3.45. The minimum absolute atomic E-state index is 0.190. The van der Waals surface area contributed by atoms with Crippen LogP contribution in [0.1, 0.15) is 25.8 Å². The van der Waals surface area contributed by atoms with Gasteiger partial charge in [0.2, 0.25) is 0 Å². The lowest BCUT2D eigenvalue weighted by Gasteiger charge is -2.41.